The number of anilines is 1. The lowest BCUT2D eigenvalue weighted by Gasteiger charge is -2.20. The molecule has 0 saturated carbocycles. The first-order valence-electron chi connectivity index (χ1n) is 9.14. The molecule has 1 aliphatic rings. The number of likely N-dealkylation sites (tertiary alicyclic amines) is 1. The molecule has 2 heterocycles. The quantitative estimate of drug-likeness (QED) is 0.675. The number of carbonyl (C=O) groups excluding carboxylic acids is 1. The van der Waals surface area contributed by atoms with E-state index in [1.165, 1.54) is 0 Å². The fourth-order valence-electron chi connectivity index (χ4n) is 3.68. The first-order chi connectivity index (χ1) is 13.6. The molecule has 1 aromatic heterocycles. The van der Waals surface area contributed by atoms with E-state index < -0.39 is 0 Å². The number of aromatic amines is 1. The molecule has 0 bridgehead atoms. The van der Waals surface area contributed by atoms with Crippen LogP contribution < -0.4 is 14.8 Å². The van der Waals surface area contributed by atoms with Crippen molar-refractivity contribution in [2.75, 3.05) is 32.6 Å². The normalized spacial score (nSPS) is 16.4. The summed E-state index contributed by atoms with van der Waals surface area (Å²) in [5.74, 6) is 1.88. The van der Waals surface area contributed by atoms with Crippen molar-refractivity contribution < 1.29 is 14.3 Å². The second-order valence-electron chi connectivity index (χ2n) is 6.83. The molecular formula is C21H22ClN3O3. The summed E-state index contributed by atoms with van der Waals surface area (Å²) in [7, 11) is 3.12. The summed E-state index contributed by atoms with van der Waals surface area (Å²) in [6.07, 6.45) is 0.860. The lowest BCUT2D eigenvalue weighted by molar-refractivity contribution is 0.0784. The van der Waals surface area contributed by atoms with E-state index in [0.717, 1.165) is 23.1 Å². The van der Waals surface area contributed by atoms with E-state index >= 15 is 0 Å². The minimum absolute atomic E-state index is 0.0815. The maximum Gasteiger partial charge on any atom is 0.261 e. The fourth-order valence-corrected chi connectivity index (χ4v) is 3.85. The van der Waals surface area contributed by atoms with Gasteiger partial charge in [0.15, 0.2) is 0 Å². The van der Waals surface area contributed by atoms with Gasteiger partial charge in [0.1, 0.15) is 22.9 Å². The van der Waals surface area contributed by atoms with Crippen molar-refractivity contribution in [2.45, 2.75) is 12.5 Å². The number of fused-ring (bicyclic) bond motifs is 1. The second kappa shape index (κ2) is 7.64. The standard InChI is InChI=1S/C21H22ClN3O3/c1-27-17-4-3-5-18(28-2)20(17)21(26)25-9-8-15(12-25)23-19-10-13-6-7-14(22)11-16(13)24-19/h3-7,10-11,15,23-24H,8-9,12H2,1-2H3. The molecule has 2 N–H and O–H groups in total. The van der Waals surface area contributed by atoms with E-state index in [0.29, 0.717) is 35.2 Å². The number of rotatable bonds is 5. The molecule has 2 aromatic carbocycles. The van der Waals surface area contributed by atoms with Gasteiger partial charge in [0.25, 0.3) is 5.91 Å². The molecule has 7 heteroatoms. The molecule has 1 saturated heterocycles. The predicted molar refractivity (Wildman–Crippen MR) is 111 cm³/mol. The van der Waals surface area contributed by atoms with Crippen LogP contribution in [0.2, 0.25) is 5.02 Å². The lowest BCUT2D eigenvalue weighted by Crippen LogP contribution is -2.32. The molecule has 1 atom stereocenters. The van der Waals surface area contributed by atoms with Gasteiger partial charge in [0, 0.05) is 35.1 Å². The van der Waals surface area contributed by atoms with E-state index in [-0.39, 0.29) is 11.9 Å². The number of H-pyrrole nitrogens is 1. The summed E-state index contributed by atoms with van der Waals surface area (Å²) in [5.41, 5.74) is 1.45. The van der Waals surface area contributed by atoms with Crippen LogP contribution in [0.1, 0.15) is 16.8 Å². The van der Waals surface area contributed by atoms with Crippen LogP contribution in [0.25, 0.3) is 10.9 Å². The molecule has 4 rings (SSSR count). The number of amides is 1. The van der Waals surface area contributed by atoms with Gasteiger partial charge in [0.05, 0.1) is 14.2 Å². The number of ether oxygens (including phenoxy) is 2. The van der Waals surface area contributed by atoms with Gasteiger partial charge < -0.3 is 24.7 Å². The van der Waals surface area contributed by atoms with Crippen molar-refractivity contribution in [3.05, 3.63) is 53.1 Å². The fraction of sp³-hybridized carbons (Fsp3) is 0.286. The van der Waals surface area contributed by atoms with Gasteiger partial charge in [-0.3, -0.25) is 4.79 Å². The minimum atomic E-state index is -0.0815. The number of halogens is 1. The predicted octanol–water partition coefficient (Wildman–Crippen LogP) is 4.17. The maximum atomic E-state index is 13.1. The zero-order valence-electron chi connectivity index (χ0n) is 15.8. The van der Waals surface area contributed by atoms with Crippen molar-refractivity contribution in [2.24, 2.45) is 0 Å². The number of aromatic nitrogens is 1. The zero-order valence-corrected chi connectivity index (χ0v) is 16.5. The minimum Gasteiger partial charge on any atom is -0.496 e. The Morgan fingerprint density at radius 2 is 1.93 bits per heavy atom. The summed E-state index contributed by atoms with van der Waals surface area (Å²) in [5, 5.41) is 5.28. The molecule has 1 fully saturated rings. The van der Waals surface area contributed by atoms with E-state index in [1.807, 2.05) is 29.2 Å². The summed E-state index contributed by atoms with van der Waals surface area (Å²) < 4.78 is 10.8. The molecule has 146 valence electrons. The number of nitrogens with one attached hydrogen (secondary N) is 2. The SMILES string of the molecule is COc1cccc(OC)c1C(=O)N1CCC(Nc2cc3ccc(Cl)cc3[nH]2)C1. The lowest BCUT2D eigenvalue weighted by atomic mass is 10.1. The molecule has 1 amide bonds. The second-order valence-corrected chi connectivity index (χ2v) is 7.27. The van der Waals surface area contributed by atoms with Gasteiger partial charge in [-0.25, -0.2) is 0 Å². The highest BCUT2D eigenvalue weighted by molar-refractivity contribution is 6.31. The van der Waals surface area contributed by atoms with Gasteiger partial charge in [0.2, 0.25) is 0 Å². The Labute approximate surface area is 168 Å². The number of hydrogen-bond donors (Lipinski definition) is 2. The van der Waals surface area contributed by atoms with Crippen LogP contribution in [0.15, 0.2) is 42.5 Å². The van der Waals surface area contributed by atoms with Crippen LogP contribution in [0.5, 0.6) is 11.5 Å². The average molecular weight is 400 g/mol. The summed E-state index contributed by atoms with van der Waals surface area (Å²) in [6.45, 7) is 1.28. The Hall–Kier alpha value is -2.86. The average Bonchev–Trinajstić information content (AvgIpc) is 3.33. The molecule has 3 aromatic rings. The summed E-state index contributed by atoms with van der Waals surface area (Å²) in [6, 6.07) is 13.3. The van der Waals surface area contributed by atoms with Crippen LogP contribution in [0.3, 0.4) is 0 Å². The third-order valence-electron chi connectivity index (χ3n) is 5.06. The van der Waals surface area contributed by atoms with Crippen molar-refractivity contribution in [3.63, 3.8) is 0 Å². The smallest absolute Gasteiger partial charge is 0.261 e. The highest BCUT2D eigenvalue weighted by Gasteiger charge is 2.30. The Morgan fingerprint density at radius 1 is 1.18 bits per heavy atom. The third kappa shape index (κ3) is 3.47. The molecule has 0 radical (unpaired) electrons. The van der Waals surface area contributed by atoms with Crippen LogP contribution in [-0.2, 0) is 0 Å². The van der Waals surface area contributed by atoms with Crippen molar-refractivity contribution in [3.8, 4) is 11.5 Å². The third-order valence-corrected chi connectivity index (χ3v) is 5.30. The number of carbonyl (C=O) groups is 1. The Balaban J connectivity index is 1.48. The molecule has 1 aliphatic heterocycles. The molecule has 1 unspecified atom stereocenters. The van der Waals surface area contributed by atoms with Crippen LogP contribution in [0, 0.1) is 0 Å². The Morgan fingerprint density at radius 3 is 2.64 bits per heavy atom. The summed E-state index contributed by atoms with van der Waals surface area (Å²) >= 11 is 6.05. The first-order valence-corrected chi connectivity index (χ1v) is 9.52. The summed E-state index contributed by atoms with van der Waals surface area (Å²) in [4.78, 5) is 18.3. The van der Waals surface area contributed by atoms with Gasteiger partial charge in [-0.1, -0.05) is 23.7 Å². The molecular weight excluding hydrogens is 378 g/mol. The van der Waals surface area contributed by atoms with Crippen molar-refractivity contribution in [1.29, 1.82) is 0 Å². The highest BCUT2D eigenvalue weighted by atomic mass is 35.5. The van der Waals surface area contributed by atoms with Crippen LogP contribution >= 0.6 is 11.6 Å². The number of benzene rings is 2. The highest BCUT2D eigenvalue weighted by Crippen LogP contribution is 2.31. The van der Waals surface area contributed by atoms with Gasteiger partial charge in [-0.15, -0.1) is 0 Å². The van der Waals surface area contributed by atoms with E-state index in [1.54, 1.807) is 26.4 Å². The van der Waals surface area contributed by atoms with Gasteiger partial charge >= 0.3 is 0 Å². The monoisotopic (exact) mass is 399 g/mol. The first kappa shape index (κ1) is 18.5. The Kier molecular flexibility index (Phi) is 5.05. The number of methoxy groups -OCH3 is 2. The van der Waals surface area contributed by atoms with Crippen molar-refractivity contribution >= 4 is 34.2 Å². The topological polar surface area (TPSA) is 66.6 Å². The largest absolute Gasteiger partial charge is 0.496 e. The van der Waals surface area contributed by atoms with Crippen LogP contribution in [-0.4, -0.2) is 49.1 Å². The molecule has 0 aliphatic carbocycles. The van der Waals surface area contributed by atoms with E-state index in [9.17, 15) is 4.79 Å². The zero-order chi connectivity index (χ0) is 19.7. The Bertz CT molecular complexity index is 995. The maximum absolute atomic E-state index is 13.1. The molecule has 6 nitrogen and oxygen atoms in total. The van der Waals surface area contributed by atoms with E-state index in [4.69, 9.17) is 21.1 Å². The number of hydrogen-bond acceptors (Lipinski definition) is 4. The van der Waals surface area contributed by atoms with Gasteiger partial charge in [-0.2, -0.15) is 0 Å². The molecule has 0 spiro atoms. The number of nitrogens with zero attached hydrogens (tertiary/aromatic N) is 1. The van der Waals surface area contributed by atoms with Crippen LogP contribution in [0.4, 0.5) is 5.82 Å². The van der Waals surface area contributed by atoms with Gasteiger partial charge in [-0.05, 0) is 36.8 Å². The van der Waals surface area contributed by atoms with Crippen molar-refractivity contribution in [1.82, 2.24) is 9.88 Å². The molecule has 28 heavy (non-hydrogen) atoms. The van der Waals surface area contributed by atoms with E-state index in [2.05, 4.69) is 16.4 Å².